The van der Waals surface area contributed by atoms with Crippen molar-refractivity contribution in [2.75, 3.05) is 23.8 Å². The van der Waals surface area contributed by atoms with Crippen LogP contribution in [-0.4, -0.2) is 40.3 Å². The van der Waals surface area contributed by atoms with E-state index in [1.54, 1.807) is 25.2 Å². The first-order valence-electron chi connectivity index (χ1n) is 8.05. The summed E-state index contributed by atoms with van der Waals surface area (Å²) in [5.74, 6) is 0.215. The Morgan fingerprint density at radius 1 is 1.21 bits per heavy atom. The molecular formula is C17H16Cl2F3N5O. The number of hydrogen-bond acceptors (Lipinski definition) is 3. The van der Waals surface area contributed by atoms with E-state index in [2.05, 4.69) is 16.9 Å². The summed E-state index contributed by atoms with van der Waals surface area (Å²) >= 11 is 12.0. The average Bonchev–Trinajstić information content (AvgIpc) is 2.94. The zero-order valence-corrected chi connectivity index (χ0v) is 16.5. The van der Waals surface area contributed by atoms with Gasteiger partial charge in [0.25, 0.3) is 0 Å². The van der Waals surface area contributed by atoms with E-state index in [1.165, 1.54) is 21.4 Å². The average molecular weight is 434 g/mol. The van der Waals surface area contributed by atoms with E-state index in [-0.39, 0.29) is 18.3 Å². The van der Waals surface area contributed by atoms with Gasteiger partial charge in [-0.25, -0.2) is 4.79 Å². The predicted octanol–water partition coefficient (Wildman–Crippen LogP) is 4.74. The van der Waals surface area contributed by atoms with Gasteiger partial charge < -0.3 is 9.88 Å². The number of nitrogens with zero attached hydrogens (tertiary/aromatic N) is 4. The van der Waals surface area contributed by atoms with Crippen LogP contribution in [-0.2, 0) is 13.6 Å². The smallest absolute Gasteiger partial charge is 0.346 e. The molecular weight excluding hydrogens is 418 g/mol. The molecule has 0 unspecified atom stereocenters. The van der Waals surface area contributed by atoms with E-state index in [1.807, 2.05) is 0 Å². The Morgan fingerprint density at radius 2 is 1.89 bits per heavy atom. The van der Waals surface area contributed by atoms with E-state index in [4.69, 9.17) is 23.2 Å². The monoisotopic (exact) mass is 433 g/mol. The Morgan fingerprint density at radius 3 is 2.50 bits per heavy atom. The van der Waals surface area contributed by atoms with Gasteiger partial charge in [-0.3, -0.25) is 9.80 Å². The Bertz CT molecular complexity index is 957. The molecule has 1 aliphatic heterocycles. The van der Waals surface area contributed by atoms with Gasteiger partial charge in [-0.15, -0.1) is 0 Å². The first-order chi connectivity index (χ1) is 13.0. The lowest BCUT2D eigenvalue weighted by Crippen LogP contribution is -2.44. The Kier molecular flexibility index (Phi) is 5.24. The van der Waals surface area contributed by atoms with E-state index in [9.17, 15) is 18.0 Å². The number of urea groups is 1. The third-order valence-electron chi connectivity index (χ3n) is 4.28. The SMILES string of the molecule is C=C1c2c(nc(NCC(F)(F)F)n2C)N(C)C(=O)N1Cc1ccc(Cl)c(Cl)c1. The second kappa shape index (κ2) is 7.21. The number of carbonyl (C=O) groups excluding carboxylic acids is 1. The number of aromatic nitrogens is 2. The first-order valence-corrected chi connectivity index (χ1v) is 8.81. The summed E-state index contributed by atoms with van der Waals surface area (Å²) in [6, 6.07) is 4.57. The highest BCUT2D eigenvalue weighted by molar-refractivity contribution is 6.42. The topological polar surface area (TPSA) is 53.4 Å². The number of carbonyl (C=O) groups is 1. The number of nitrogens with one attached hydrogen (secondary N) is 1. The van der Waals surface area contributed by atoms with Crippen molar-refractivity contribution < 1.29 is 18.0 Å². The molecule has 0 saturated heterocycles. The fraction of sp³-hybridized carbons (Fsp3) is 0.294. The van der Waals surface area contributed by atoms with Crippen LogP contribution in [0.5, 0.6) is 0 Å². The molecule has 0 atom stereocenters. The van der Waals surface area contributed by atoms with E-state index < -0.39 is 18.8 Å². The molecule has 2 heterocycles. The number of anilines is 2. The van der Waals surface area contributed by atoms with Gasteiger partial charge in [-0.2, -0.15) is 18.2 Å². The standard InChI is InChI=1S/C17H16Cl2F3N5O/c1-9-13-14(24-15(25(13)2)23-8-17(20,21)22)26(3)16(28)27(9)7-10-4-5-11(18)12(19)6-10/h4-6H,1,7-8H2,2-3H3,(H,23,24). The lowest BCUT2D eigenvalue weighted by molar-refractivity contribution is -0.115. The van der Waals surface area contributed by atoms with Crippen molar-refractivity contribution in [1.82, 2.24) is 14.5 Å². The van der Waals surface area contributed by atoms with Gasteiger partial charge in [0.05, 0.1) is 22.3 Å². The number of imidazole rings is 1. The molecule has 0 bridgehead atoms. The lowest BCUT2D eigenvalue weighted by Gasteiger charge is -2.34. The molecule has 0 aliphatic carbocycles. The summed E-state index contributed by atoms with van der Waals surface area (Å²) in [5, 5.41) is 2.98. The zero-order valence-electron chi connectivity index (χ0n) is 14.9. The van der Waals surface area contributed by atoms with E-state index in [0.717, 1.165) is 5.56 Å². The van der Waals surface area contributed by atoms with Crippen molar-refractivity contribution in [3.05, 3.63) is 46.1 Å². The second-order valence-electron chi connectivity index (χ2n) is 6.26. The normalized spacial score (nSPS) is 14.5. The molecule has 0 spiro atoms. The van der Waals surface area contributed by atoms with Crippen molar-refractivity contribution in [3.8, 4) is 0 Å². The van der Waals surface area contributed by atoms with Crippen molar-refractivity contribution >= 4 is 46.7 Å². The van der Waals surface area contributed by atoms with E-state index >= 15 is 0 Å². The molecule has 0 fully saturated rings. The largest absolute Gasteiger partial charge is 0.405 e. The summed E-state index contributed by atoms with van der Waals surface area (Å²) < 4.78 is 39.0. The molecule has 1 aromatic carbocycles. The van der Waals surface area contributed by atoms with Crippen molar-refractivity contribution in [1.29, 1.82) is 0 Å². The molecule has 150 valence electrons. The quantitative estimate of drug-likeness (QED) is 0.756. The third-order valence-corrected chi connectivity index (χ3v) is 5.02. The summed E-state index contributed by atoms with van der Waals surface area (Å²) in [6.07, 6.45) is -4.40. The number of fused-ring (bicyclic) bond motifs is 1. The maximum absolute atomic E-state index is 12.8. The van der Waals surface area contributed by atoms with Gasteiger partial charge >= 0.3 is 12.2 Å². The highest BCUT2D eigenvalue weighted by Gasteiger charge is 2.36. The molecule has 2 amide bonds. The van der Waals surface area contributed by atoms with Gasteiger partial charge in [0, 0.05) is 14.1 Å². The molecule has 6 nitrogen and oxygen atoms in total. The van der Waals surface area contributed by atoms with Gasteiger partial charge in [0.2, 0.25) is 5.95 Å². The molecule has 28 heavy (non-hydrogen) atoms. The number of benzene rings is 1. The van der Waals surface area contributed by atoms with Crippen molar-refractivity contribution in [2.45, 2.75) is 12.7 Å². The highest BCUT2D eigenvalue weighted by atomic mass is 35.5. The summed E-state index contributed by atoms with van der Waals surface area (Å²) in [5.41, 5.74) is 1.48. The predicted molar refractivity (Wildman–Crippen MR) is 103 cm³/mol. The Hall–Kier alpha value is -2.39. The maximum Gasteiger partial charge on any atom is 0.405 e. The van der Waals surface area contributed by atoms with Gasteiger partial charge in [-0.1, -0.05) is 35.8 Å². The fourth-order valence-corrected chi connectivity index (χ4v) is 3.20. The van der Waals surface area contributed by atoms with Crippen molar-refractivity contribution in [2.24, 2.45) is 7.05 Å². The minimum Gasteiger partial charge on any atom is -0.346 e. The van der Waals surface area contributed by atoms with Crippen LogP contribution >= 0.6 is 23.2 Å². The van der Waals surface area contributed by atoms with Crippen LogP contribution in [0.15, 0.2) is 24.8 Å². The molecule has 2 aromatic rings. The number of halogens is 5. The highest BCUT2D eigenvalue weighted by Crippen LogP contribution is 2.37. The third kappa shape index (κ3) is 3.77. The Labute approximate surface area is 169 Å². The van der Waals surface area contributed by atoms with Crippen molar-refractivity contribution in [3.63, 3.8) is 0 Å². The van der Waals surface area contributed by atoms with Gasteiger partial charge in [0.15, 0.2) is 5.82 Å². The second-order valence-corrected chi connectivity index (χ2v) is 7.07. The zero-order chi connectivity index (χ0) is 20.8. The number of alkyl halides is 3. The molecule has 0 saturated carbocycles. The summed E-state index contributed by atoms with van der Waals surface area (Å²) in [4.78, 5) is 19.6. The number of rotatable bonds is 4. The van der Waals surface area contributed by atoms with Crippen LogP contribution < -0.4 is 10.2 Å². The molecule has 1 aromatic heterocycles. The van der Waals surface area contributed by atoms with Crippen LogP contribution in [0.4, 0.5) is 29.7 Å². The maximum atomic E-state index is 12.8. The molecule has 1 aliphatic rings. The molecule has 11 heteroatoms. The Balaban J connectivity index is 1.92. The molecule has 0 radical (unpaired) electrons. The number of hydrogen-bond donors (Lipinski definition) is 1. The van der Waals surface area contributed by atoms with Gasteiger partial charge in [-0.05, 0) is 17.7 Å². The minimum absolute atomic E-state index is 0.0143. The summed E-state index contributed by atoms with van der Waals surface area (Å²) in [7, 11) is 3.05. The number of amides is 2. The fourth-order valence-electron chi connectivity index (χ4n) is 2.88. The lowest BCUT2D eigenvalue weighted by atomic mass is 10.1. The summed E-state index contributed by atoms with van der Waals surface area (Å²) in [6.45, 7) is 2.87. The van der Waals surface area contributed by atoms with Crippen LogP contribution in [0.1, 0.15) is 11.3 Å². The van der Waals surface area contributed by atoms with Crippen LogP contribution in [0.2, 0.25) is 10.0 Å². The molecule has 3 rings (SSSR count). The molecule has 1 N–H and O–H groups in total. The van der Waals surface area contributed by atoms with Crippen LogP contribution in [0, 0.1) is 0 Å². The first kappa shape index (κ1) is 20.3. The van der Waals surface area contributed by atoms with Crippen LogP contribution in [0.25, 0.3) is 5.70 Å². The van der Waals surface area contributed by atoms with Gasteiger partial charge in [0.1, 0.15) is 12.2 Å². The minimum atomic E-state index is -4.40. The van der Waals surface area contributed by atoms with E-state index in [0.29, 0.717) is 21.4 Å². The van der Waals surface area contributed by atoms with Crippen LogP contribution in [0.3, 0.4) is 0 Å².